The number of aryl methyl sites for hydroxylation is 1. The highest BCUT2D eigenvalue weighted by Gasteiger charge is 2.14. The summed E-state index contributed by atoms with van der Waals surface area (Å²) in [5.74, 6) is 1.63. The number of rotatable bonds is 4. The number of carbonyl (C=O) groups is 1. The molecule has 0 aliphatic carbocycles. The standard InChI is InChI=1S/C22H16N6O2/c1-14-23-9-10-28(14)22-24-12-17(13-25-22)26-21(29)16-7-8-19-18(11-16)20(30-27-19)15-5-3-2-4-6-15/h2-13H,1H3,(H,26,29). The SMILES string of the molecule is Cc1nccn1-c1ncc(NC(=O)c2ccc3noc(-c4ccccc4)c3c2)cn1. The van der Waals surface area contributed by atoms with E-state index in [9.17, 15) is 4.79 Å². The first-order valence-corrected chi connectivity index (χ1v) is 9.27. The van der Waals surface area contributed by atoms with Crippen LogP contribution >= 0.6 is 0 Å². The summed E-state index contributed by atoms with van der Waals surface area (Å²) in [6.07, 6.45) is 6.58. The number of aromatic nitrogens is 5. The zero-order chi connectivity index (χ0) is 20.5. The van der Waals surface area contributed by atoms with Crippen LogP contribution in [0.5, 0.6) is 0 Å². The molecule has 0 fully saturated rings. The van der Waals surface area contributed by atoms with Crippen molar-refractivity contribution in [2.75, 3.05) is 5.32 Å². The van der Waals surface area contributed by atoms with Crippen molar-refractivity contribution in [3.8, 4) is 17.3 Å². The number of fused-ring (bicyclic) bond motifs is 1. The van der Waals surface area contributed by atoms with Gasteiger partial charge in [0.2, 0.25) is 5.95 Å². The van der Waals surface area contributed by atoms with Gasteiger partial charge >= 0.3 is 0 Å². The molecule has 0 aliphatic rings. The predicted octanol–water partition coefficient (Wildman–Crippen LogP) is 4.03. The van der Waals surface area contributed by atoms with Gasteiger partial charge in [-0.05, 0) is 25.1 Å². The van der Waals surface area contributed by atoms with Gasteiger partial charge in [0.15, 0.2) is 5.76 Å². The Kier molecular flexibility index (Phi) is 4.29. The monoisotopic (exact) mass is 396 g/mol. The highest BCUT2D eigenvalue weighted by Crippen LogP contribution is 2.29. The Morgan fingerprint density at radius 3 is 2.57 bits per heavy atom. The molecule has 0 atom stereocenters. The Morgan fingerprint density at radius 2 is 1.83 bits per heavy atom. The van der Waals surface area contributed by atoms with Gasteiger partial charge in [-0.2, -0.15) is 0 Å². The fraction of sp³-hybridized carbons (Fsp3) is 0.0455. The number of anilines is 1. The Morgan fingerprint density at radius 1 is 1.03 bits per heavy atom. The molecule has 1 amide bonds. The number of nitrogens with zero attached hydrogens (tertiary/aromatic N) is 5. The smallest absolute Gasteiger partial charge is 0.255 e. The lowest BCUT2D eigenvalue weighted by Gasteiger charge is -2.07. The summed E-state index contributed by atoms with van der Waals surface area (Å²) in [4.78, 5) is 25.5. The second-order valence-corrected chi connectivity index (χ2v) is 6.68. The van der Waals surface area contributed by atoms with Crippen molar-refractivity contribution in [1.82, 2.24) is 24.7 Å². The van der Waals surface area contributed by atoms with E-state index in [1.54, 1.807) is 47.6 Å². The molecule has 3 heterocycles. The zero-order valence-corrected chi connectivity index (χ0v) is 16.0. The summed E-state index contributed by atoms with van der Waals surface area (Å²) >= 11 is 0. The molecular formula is C22H16N6O2. The lowest BCUT2D eigenvalue weighted by Crippen LogP contribution is -2.13. The van der Waals surface area contributed by atoms with Crippen LogP contribution in [0.4, 0.5) is 5.69 Å². The fourth-order valence-corrected chi connectivity index (χ4v) is 3.18. The molecule has 0 saturated carbocycles. The molecule has 0 saturated heterocycles. The molecule has 30 heavy (non-hydrogen) atoms. The van der Waals surface area contributed by atoms with Gasteiger partial charge in [0, 0.05) is 23.5 Å². The normalized spacial score (nSPS) is 11.0. The van der Waals surface area contributed by atoms with Gasteiger partial charge in [0.1, 0.15) is 11.3 Å². The van der Waals surface area contributed by atoms with Crippen LogP contribution in [-0.4, -0.2) is 30.6 Å². The minimum absolute atomic E-state index is 0.271. The van der Waals surface area contributed by atoms with Crippen LogP contribution in [0.25, 0.3) is 28.2 Å². The molecule has 8 heteroatoms. The topological polar surface area (TPSA) is 98.7 Å². The maximum Gasteiger partial charge on any atom is 0.255 e. The molecule has 0 aliphatic heterocycles. The molecule has 3 aromatic heterocycles. The first-order valence-electron chi connectivity index (χ1n) is 9.27. The van der Waals surface area contributed by atoms with Crippen molar-refractivity contribution in [3.63, 3.8) is 0 Å². The minimum Gasteiger partial charge on any atom is -0.355 e. The van der Waals surface area contributed by atoms with Crippen LogP contribution in [0.3, 0.4) is 0 Å². The van der Waals surface area contributed by atoms with Crippen LogP contribution < -0.4 is 5.32 Å². The second kappa shape index (κ2) is 7.25. The molecule has 1 N–H and O–H groups in total. The number of benzene rings is 2. The number of imidazole rings is 1. The third-order valence-electron chi connectivity index (χ3n) is 4.71. The summed E-state index contributed by atoms with van der Waals surface area (Å²) in [6, 6.07) is 14.9. The highest BCUT2D eigenvalue weighted by atomic mass is 16.5. The van der Waals surface area contributed by atoms with Crippen LogP contribution in [0.15, 0.2) is 77.8 Å². The van der Waals surface area contributed by atoms with Gasteiger partial charge in [0.05, 0.1) is 23.5 Å². The molecule has 5 rings (SSSR count). The minimum atomic E-state index is -0.271. The first kappa shape index (κ1) is 17.7. The average Bonchev–Trinajstić information content (AvgIpc) is 3.40. The van der Waals surface area contributed by atoms with Crippen LogP contribution in [0.1, 0.15) is 16.2 Å². The van der Waals surface area contributed by atoms with Gasteiger partial charge in [0.25, 0.3) is 5.91 Å². The molecule has 146 valence electrons. The van der Waals surface area contributed by atoms with E-state index in [1.165, 1.54) is 0 Å². The molecular weight excluding hydrogens is 380 g/mol. The summed E-state index contributed by atoms with van der Waals surface area (Å²) in [6.45, 7) is 1.86. The Labute approximate surface area is 171 Å². The maximum atomic E-state index is 12.8. The first-order chi connectivity index (χ1) is 14.7. The van der Waals surface area contributed by atoms with E-state index in [0.29, 0.717) is 28.5 Å². The van der Waals surface area contributed by atoms with E-state index < -0.39 is 0 Å². The summed E-state index contributed by atoms with van der Waals surface area (Å²) in [5, 5.41) is 7.68. The third-order valence-corrected chi connectivity index (χ3v) is 4.71. The zero-order valence-electron chi connectivity index (χ0n) is 16.0. The summed E-state index contributed by atoms with van der Waals surface area (Å²) in [7, 11) is 0. The number of nitrogens with one attached hydrogen (secondary N) is 1. The number of hydrogen-bond donors (Lipinski definition) is 1. The average molecular weight is 396 g/mol. The second-order valence-electron chi connectivity index (χ2n) is 6.68. The lowest BCUT2D eigenvalue weighted by molar-refractivity contribution is 0.102. The van der Waals surface area contributed by atoms with Gasteiger partial charge in [-0.1, -0.05) is 35.5 Å². The van der Waals surface area contributed by atoms with E-state index in [-0.39, 0.29) is 5.91 Å². The molecule has 0 spiro atoms. The fourth-order valence-electron chi connectivity index (χ4n) is 3.18. The largest absolute Gasteiger partial charge is 0.355 e. The summed E-state index contributed by atoms with van der Waals surface area (Å²) < 4.78 is 7.26. The van der Waals surface area contributed by atoms with Gasteiger partial charge in [-0.3, -0.25) is 9.36 Å². The Bertz CT molecular complexity index is 1340. The Balaban J connectivity index is 1.40. The van der Waals surface area contributed by atoms with Crippen molar-refractivity contribution in [2.24, 2.45) is 0 Å². The van der Waals surface area contributed by atoms with E-state index in [2.05, 4.69) is 25.4 Å². The van der Waals surface area contributed by atoms with Gasteiger partial charge in [-0.15, -0.1) is 0 Å². The van der Waals surface area contributed by atoms with E-state index in [4.69, 9.17) is 4.52 Å². The number of amides is 1. The summed E-state index contributed by atoms with van der Waals surface area (Å²) in [5.41, 5.74) is 2.57. The molecule has 2 aromatic carbocycles. The van der Waals surface area contributed by atoms with E-state index in [0.717, 1.165) is 16.8 Å². The highest BCUT2D eigenvalue weighted by molar-refractivity contribution is 6.07. The Hall–Kier alpha value is -4.33. The van der Waals surface area contributed by atoms with Crippen molar-refractivity contribution in [3.05, 3.63) is 84.7 Å². The van der Waals surface area contributed by atoms with Crippen molar-refractivity contribution in [2.45, 2.75) is 6.92 Å². The molecule has 0 bridgehead atoms. The quantitative estimate of drug-likeness (QED) is 0.492. The van der Waals surface area contributed by atoms with E-state index in [1.807, 2.05) is 37.3 Å². The van der Waals surface area contributed by atoms with Crippen molar-refractivity contribution in [1.29, 1.82) is 0 Å². The third kappa shape index (κ3) is 3.20. The maximum absolute atomic E-state index is 12.8. The van der Waals surface area contributed by atoms with Crippen LogP contribution in [0, 0.1) is 6.92 Å². The molecule has 5 aromatic rings. The van der Waals surface area contributed by atoms with Crippen molar-refractivity contribution < 1.29 is 9.32 Å². The van der Waals surface area contributed by atoms with Crippen LogP contribution in [-0.2, 0) is 0 Å². The van der Waals surface area contributed by atoms with Crippen LogP contribution in [0.2, 0.25) is 0 Å². The van der Waals surface area contributed by atoms with E-state index >= 15 is 0 Å². The van der Waals surface area contributed by atoms with Crippen molar-refractivity contribution >= 4 is 22.5 Å². The van der Waals surface area contributed by atoms with Gasteiger partial charge < -0.3 is 9.84 Å². The number of carbonyl (C=O) groups excluding carboxylic acids is 1. The molecule has 0 unspecified atom stereocenters. The van der Waals surface area contributed by atoms with Gasteiger partial charge in [-0.25, -0.2) is 15.0 Å². The lowest BCUT2D eigenvalue weighted by atomic mass is 10.1. The molecule has 8 nitrogen and oxygen atoms in total. The molecule has 0 radical (unpaired) electrons. The predicted molar refractivity (Wildman–Crippen MR) is 111 cm³/mol. The number of hydrogen-bond acceptors (Lipinski definition) is 6.